The second-order valence-electron chi connectivity index (χ2n) is 6.12. The van der Waals surface area contributed by atoms with Gasteiger partial charge < -0.3 is 0 Å². The van der Waals surface area contributed by atoms with Crippen LogP contribution in [0.4, 0.5) is 5.69 Å². The van der Waals surface area contributed by atoms with Crippen molar-refractivity contribution in [2.24, 2.45) is 0 Å². The number of amides is 1. The van der Waals surface area contributed by atoms with Gasteiger partial charge in [0.2, 0.25) is 0 Å². The van der Waals surface area contributed by atoms with Gasteiger partial charge in [-0.2, -0.15) is 0 Å². The zero-order valence-electron chi connectivity index (χ0n) is 15.0. The van der Waals surface area contributed by atoms with Crippen molar-refractivity contribution in [1.82, 2.24) is 15.0 Å². The van der Waals surface area contributed by atoms with Crippen molar-refractivity contribution in [3.8, 4) is 0 Å². The van der Waals surface area contributed by atoms with E-state index in [0.717, 1.165) is 15.8 Å². The summed E-state index contributed by atoms with van der Waals surface area (Å²) in [5, 5.41) is 11.4. The van der Waals surface area contributed by atoms with Crippen LogP contribution in [-0.2, 0) is 6.54 Å². The molecule has 1 amide bonds. The Balaban J connectivity index is 1.66. The molecule has 0 spiro atoms. The summed E-state index contributed by atoms with van der Waals surface area (Å²) in [5.74, 6) is -0.238. The van der Waals surface area contributed by atoms with Crippen LogP contribution in [0, 0.1) is 0 Å². The van der Waals surface area contributed by atoms with E-state index in [0.29, 0.717) is 12.2 Å². The van der Waals surface area contributed by atoms with Gasteiger partial charge in [0.05, 0.1) is 0 Å². The van der Waals surface area contributed by atoms with E-state index >= 15 is 0 Å². The van der Waals surface area contributed by atoms with Gasteiger partial charge >= 0.3 is 170 Å². The normalized spacial score (nSPS) is 10.6. The van der Waals surface area contributed by atoms with E-state index in [-0.39, 0.29) is 20.9 Å². The van der Waals surface area contributed by atoms with Crippen LogP contribution in [0.3, 0.4) is 0 Å². The number of nitrogens with one attached hydrogen (secondary N) is 1. The van der Waals surface area contributed by atoms with E-state index in [2.05, 4.69) is 27.8 Å². The molecule has 0 unspecified atom stereocenters. The topological polar surface area (TPSA) is 59.8 Å². The summed E-state index contributed by atoms with van der Waals surface area (Å²) in [7, 11) is 0. The molecule has 4 aromatic rings. The molecule has 138 valence electrons. The van der Waals surface area contributed by atoms with E-state index < -0.39 is 0 Å². The van der Waals surface area contributed by atoms with Gasteiger partial charge in [0.25, 0.3) is 0 Å². The van der Waals surface area contributed by atoms with Crippen LogP contribution in [0.1, 0.15) is 16.1 Å². The standard InChI is InChI=1S/C22H18N4OSe/c27-21(23-18-12-6-2-7-13-18)20-22(28-19-14-8-3-9-15-19)26(25-24-20)16-17-10-4-1-5-11-17/h1-15H,16H2,(H,23,27). The van der Waals surface area contributed by atoms with Gasteiger partial charge in [0.1, 0.15) is 0 Å². The van der Waals surface area contributed by atoms with Crippen LogP contribution in [0.2, 0.25) is 0 Å². The molecule has 4 rings (SSSR count). The zero-order chi connectivity index (χ0) is 19.2. The minimum absolute atomic E-state index is 0.0943. The molecule has 0 radical (unpaired) electrons. The van der Waals surface area contributed by atoms with E-state index in [1.807, 2.05) is 83.5 Å². The van der Waals surface area contributed by atoms with Crippen LogP contribution in [0.5, 0.6) is 0 Å². The average molecular weight is 433 g/mol. The number of para-hydroxylation sites is 1. The number of carbonyl (C=O) groups is 1. The fourth-order valence-electron chi connectivity index (χ4n) is 2.72. The Morgan fingerprint density at radius 3 is 2.14 bits per heavy atom. The molecule has 0 atom stereocenters. The van der Waals surface area contributed by atoms with Crippen molar-refractivity contribution in [3.63, 3.8) is 0 Å². The SMILES string of the molecule is O=C(Nc1ccccc1)c1nnn(Cc2ccccc2)c1[Se]c1ccccc1. The molecule has 0 bridgehead atoms. The molecule has 1 aromatic heterocycles. The fourth-order valence-corrected chi connectivity index (χ4v) is 4.72. The number of hydrogen-bond donors (Lipinski definition) is 1. The van der Waals surface area contributed by atoms with Gasteiger partial charge in [-0.25, -0.2) is 0 Å². The first kappa shape index (κ1) is 18.2. The molecule has 6 heteroatoms. The van der Waals surface area contributed by atoms with E-state index in [1.54, 1.807) is 0 Å². The molecular formula is C22H18N4OSe. The third kappa shape index (κ3) is 4.36. The van der Waals surface area contributed by atoms with Gasteiger partial charge in [-0.3, -0.25) is 0 Å². The zero-order valence-corrected chi connectivity index (χ0v) is 16.7. The molecular weight excluding hydrogens is 415 g/mol. The number of anilines is 1. The number of benzene rings is 3. The van der Waals surface area contributed by atoms with Crippen LogP contribution in [0.15, 0.2) is 91.0 Å². The predicted octanol–water partition coefficient (Wildman–Crippen LogP) is 2.23. The molecule has 0 aliphatic rings. The summed E-state index contributed by atoms with van der Waals surface area (Å²) >= 11 is -0.0943. The Morgan fingerprint density at radius 1 is 0.857 bits per heavy atom. The maximum absolute atomic E-state index is 12.9. The number of aromatic nitrogens is 3. The number of rotatable bonds is 6. The summed E-state index contributed by atoms with van der Waals surface area (Å²) in [6, 6.07) is 29.6. The van der Waals surface area contributed by atoms with Crippen molar-refractivity contribution in [3.05, 3.63) is 102 Å². The Morgan fingerprint density at radius 2 is 1.46 bits per heavy atom. The van der Waals surface area contributed by atoms with Gasteiger partial charge in [-0.15, -0.1) is 0 Å². The molecule has 3 aromatic carbocycles. The molecule has 0 aliphatic heterocycles. The summed E-state index contributed by atoms with van der Waals surface area (Å²) < 4.78 is 3.86. The minimum atomic E-state index is -0.238. The third-order valence-electron chi connectivity index (χ3n) is 4.07. The van der Waals surface area contributed by atoms with Gasteiger partial charge in [-0.1, -0.05) is 0 Å². The Labute approximate surface area is 169 Å². The summed E-state index contributed by atoms with van der Waals surface area (Å²) in [6.07, 6.45) is 0. The fraction of sp³-hybridized carbons (Fsp3) is 0.0455. The van der Waals surface area contributed by atoms with Crippen molar-refractivity contribution >= 4 is 35.6 Å². The van der Waals surface area contributed by atoms with Gasteiger partial charge in [-0.05, 0) is 0 Å². The summed E-state index contributed by atoms with van der Waals surface area (Å²) in [6.45, 7) is 0.580. The molecule has 1 N–H and O–H groups in total. The first-order valence-corrected chi connectivity index (χ1v) is 10.6. The van der Waals surface area contributed by atoms with Crippen molar-refractivity contribution in [1.29, 1.82) is 0 Å². The summed E-state index contributed by atoms with van der Waals surface area (Å²) in [4.78, 5) is 12.9. The number of carbonyl (C=O) groups excluding carboxylic acids is 1. The first-order chi connectivity index (χ1) is 13.8. The van der Waals surface area contributed by atoms with Gasteiger partial charge in [0, 0.05) is 0 Å². The summed E-state index contributed by atoms with van der Waals surface area (Å²) in [5.41, 5.74) is 2.24. The van der Waals surface area contributed by atoms with E-state index in [9.17, 15) is 4.79 Å². The van der Waals surface area contributed by atoms with Gasteiger partial charge in [0.15, 0.2) is 0 Å². The monoisotopic (exact) mass is 434 g/mol. The molecule has 1 heterocycles. The molecule has 0 saturated heterocycles. The maximum atomic E-state index is 12.9. The predicted molar refractivity (Wildman–Crippen MR) is 111 cm³/mol. The molecule has 28 heavy (non-hydrogen) atoms. The van der Waals surface area contributed by atoms with Crippen LogP contribution >= 0.6 is 0 Å². The quantitative estimate of drug-likeness (QED) is 0.475. The molecule has 0 saturated carbocycles. The number of hydrogen-bond acceptors (Lipinski definition) is 3. The first-order valence-electron chi connectivity index (χ1n) is 8.86. The van der Waals surface area contributed by atoms with Crippen molar-refractivity contribution in [2.45, 2.75) is 6.54 Å². The Hall–Kier alpha value is -3.21. The van der Waals surface area contributed by atoms with Crippen LogP contribution in [-0.4, -0.2) is 35.9 Å². The molecule has 0 fully saturated rings. The van der Waals surface area contributed by atoms with Crippen molar-refractivity contribution < 1.29 is 4.79 Å². The number of nitrogens with zero attached hydrogens (tertiary/aromatic N) is 3. The Kier molecular flexibility index (Phi) is 5.61. The second kappa shape index (κ2) is 8.65. The van der Waals surface area contributed by atoms with Crippen LogP contribution in [0.25, 0.3) is 0 Å². The van der Waals surface area contributed by atoms with E-state index in [4.69, 9.17) is 0 Å². The van der Waals surface area contributed by atoms with E-state index in [1.165, 1.54) is 4.46 Å². The molecule has 0 aliphatic carbocycles. The Bertz CT molecular complexity index is 1050. The molecule has 5 nitrogen and oxygen atoms in total. The van der Waals surface area contributed by atoms with Crippen LogP contribution < -0.4 is 14.4 Å². The second-order valence-corrected chi connectivity index (χ2v) is 8.35. The van der Waals surface area contributed by atoms with Crippen molar-refractivity contribution in [2.75, 3.05) is 5.32 Å². The third-order valence-corrected chi connectivity index (χ3v) is 6.39. The average Bonchev–Trinajstić information content (AvgIpc) is 3.12.